The van der Waals surface area contributed by atoms with E-state index >= 15 is 0 Å². The monoisotopic (exact) mass is 227 g/mol. The molecular formula is C15H17NO. The fourth-order valence-electron chi connectivity index (χ4n) is 1.94. The first-order valence-electron chi connectivity index (χ1n) is 5.92. The van der Waals surface area contributed by atoms with E-state index in [1.54, 1.807) is 6.07 Å². The standard InChI is InChI=1S/C15H17NO/c1-11(2)9-12-3-5-13(6-4-12)15-8-7-14(10-17)16-15/h3-8,10-11,16H,9H2,1-2H3. The second kappa shape index (κ2) is 5.00. The Hall–Kier alpha value is -1.83. The molecule has 0 saturated heterocycles. The molecule has 2 heteroatoms. The van der Waals surface area contributed by atoms with Crippen LogP contribution in [0, 0.1) is 5.92 Å². The van der Waals surface area contributed by atoms with Crippen molar-refractivity contribution >= 4 is 6.29 Å². The highest BCUT2D eigenvalue weighted by Gasteiger charge is 2.02. The van der Waals surface area contributed by atoms with Gasteiger partial charge in [-0.3, -0.25) is 4.79 Å². The maximum Gasteiger partial charge on any atom is 0.166 e. The quantitative estimate of drug-likeness (QED) is 0.794. The topological polar surface area (TPSA) is 32.9 Å². The summed E-state index contributed by atoms with van der Waals surface area (Å²) in [5.41, 5.74) is 4.07. The third-order valence-electron chi connectivity index (χ3n) is 2.74. The van der Waals surface area contributed by atoms with Gasteiger partial charge in [0.2, 0.25) is 0 Å². The van der Waals surface area contributed by atoms with Gasteiger partial charge in [-0.1, -0.05) is 38.1 Å². The van der Waals surface area contributed by atoms with E-state index in [-0.39, 0.29) is 0 Å². The van der Waals surface area contributed by atoms with E-state index in [0.29, 0.717) is 11.6 Å². The Morgan fingerprint density at radius 2 is 1.82 bits per heavy atom. The van der Waals surface area contributed by atoms with Gasteiger partial charge in [0.15, 0.2) is 6.29 Å². The van der Waals surface area contributed by atoms with Crippen LogP contribution in [0.15, 0.2) is 36.4 Å². The zero-order valence-corrected chi connectivity index (χ0v) is 10.2. The van der Waals surface area contributed by atoms with Gasteiger partial charge in [0, 0.05) is 5.69 Å². The van der Waals surface area contributed by atoms with Gasteiger partial charge in [0.05, 0.1) is 5.69 Å². The highest BCUT2D eigenvalue weighted by Crippen LogP contribution is 2.19. The molecule has 0 fully saturated rings. The van der Waals surface area contributed by atoms with Crippen molar-refractivity contribution in [2.24, 2.45) is 5.92 Å². The van der Waals surface area contributed by atoms with E-state index in [4.69, 9.17) is 0 Å². The van der Waals surface area contributed by atoms with Crippen LogP contribution in [-0.2, 0) is 6.42 Å². The van der Waals surface area contributed by atoms with E-state index in [9.17, 15) is 4.79 Å². The van der Waals surface area contributed by atoms with E-state index in [2.05, 4.69) is 43.1 Å². The predicted molar refractivity (Wildman–Crippen MR) is 70.2 cm³/mol. The number of carbonyl (C=O) groups excluding carboxylic acids is 1. The van der Waals surface area contributed by atoms with Crippen molar-refractivity contribution in [3.63, 3.8) is 0 Å². The van der Waals surface area contributed by atoms with Crippen LogP contribution in [0.2, 0.25) is 0 Å². The molecule has 0 spiro atoms. The zero-order chi connectivity index (χ0) is 12.3. The Bertz CT molecular complexity index is 494. The molecule has 0 aliphatic heterocycles. The predicted octanol–water partition coefficient (Wildman–Crippen LogP) is 3.69. The van der Waals surface area contributed by atoms with Crippen molar-refractivity contribution in [1.82, 2.24) is 4.98 Å². The zero-order valence-electron chi connectivity index (χ0n) is 10.2. The molecule has 2 aromatic rings. The molecular weight excluding hydrogens is 210 g/mol. The van der Waals surface area contributed by atoms with Crippen molar-refractivity contribution in [2.75, 3.05) is 0 Å². The number of rotatable bonds is 4. The molecule has 0 aliphatic rings. The first-order chi connectivity index (χ1) is 8.19. The minimum atomic E-state index is 0.617. The van der Waals surface area contributed by atoms with Crippen LogP contribution in [-0.4, -0.2) is 11.3 Å². The molecule has 1 N–H and O–H groups in total. The van der Waals surface area contributed by atoms with Crippen molar-refractivity contribution in [3.05, 3.63) is 47.7 Å². The molecule has 0 unspecified atom stereocenters. The molecule has 2 nitrogen and oxygen atoms in total. The number of aromatic nitrogens is 1. The average Bonchev–Trinajstić information content (AvgIpc) is 2.78. The number of hydrogen-bond acceptors (Lipinski definition) is 1. The van der Waals surface area contributed by atoms with Gasteiger partial charge in [-0.05, 0) is 35.6 Å². The molecule has 0 radical (unpaired) electrons. The van der Waals surface area contributed by atoms with Gasteiger partial charge in [-0.15, -0.1) is 0 Å². The number of aromatic amines is 1. The molecule has 2 rings (SSSR count). The fourth-order valence-corrected chi connectivity index (χ4v) is 1.94. The lowest BCUT2D eigenvalue weighted by atomic mass is 10.0. The first-order valence-corrected chi connectivity index (χ1v) is 5.92. The summed E-state index contributed by atoms with van der Waals surface area (Å²) in [6, 6.07) is 12.2. The van der Waals surface area contributed by atoms with Crippen LogP contribution < -0.4 is 0 Å². The van der Waals surface area contributed by atoms with Crippen molar-refractivity contribution in [1.29, 1.82) is 0 Å². The van der Waals surface area contributed by atoms with Gasteiger partial charge in [0.1, 0.15) is 0 Å². The Labute approximate surface area is 102 Å². The number of aldehydes is 1. The average molecular weight is 227 g/mol. The van der Waals surface area contributed by atoms with Gasteiger partial charge in [-0.2, -0.15) is 0 Å². The normalized spacial score (nSPS) is 10.8. The van der Waals surface area contributed by atoms with Crippen LogP contribution in [0.25, 0.3) is 11.3 Å². The third kappa shape index (κ3) is 2.84. The summed E-state index contributed by atoms with van der Waals surface area (Å²) < 4.78 is 0. The van der Waals surface area contributed by atoms with E-state index in [1.807, 2.05) is 6.07 Å². The SMILES string of the molecule is CC(C)Cc1ccc(-c2ccc(C=O)[nH]2)cc1. The van der Waals surface area contributed by atoms with Gasteiger partial charge in [-0.25, -0.2) is 0 Å². The van der Waals surface area contributed by atoms with Gasteiger partial charge in [0.25, 0.3) is 0 Å². The summed E-state index contributed by atoms with van der Waals surface area (Å²) in [6.07, 6.45) is 1.93. The Balaban J connectivity index is 2.19. The van der Waals surface area contributed by atoms with Crippen LogP contribution in [0.4, 0.5) is 0 Å². The van der Waals surface area contributed by atoms with Gasteiger partial charge >= 0.3 is 0 Å². The van der Waals surface area contributed by atoms with E-state index in [0.717, 1.165) is 24.0 Å². The number of carbonyl (C=O) groups is 1. The summed E-state index contributed by atoms with van der Waals surface area (Å²) in [7, 11) is 0. The summed E-state index contributed by atoms with van der Waals surface area (Å²) in [5, 5.41) is 0. The second-order valence-electron chi connectivity index (χ2n) is 4.74. The number of hydrogen-bond donors (Lipinski definition) is 1. The minimum absolute atomic E-state index is 0.617. The second-order valence-corrected chi connectivity index (χ2v) is 4.74. The Morgan fingerprint density at radius 1 is 1.12 bits per heavy atom. The fraction of sp³-hybridized carbons (Fsp3) is 0.267. The molecule has 0 bridgehead atoms. The Kier molecular flexibility index (Phi) is 3.43. The number of H-pyrrole nitrogens is 1. The maximum absolute atomic E-state index is 10.6. The highest BCUT2D eigenvalue weighted by atomic mass is 16.1. The molecule has 0 aliphatic carbocycles. The van der Waals surface area contributed by atoms with E-state index < -0.39 is 0 Å². The first kappa shape index (κ1) is 11.6. The molecule has 1 heterocycles. The number of benzene rings is 1. The molecule has 88 valence electrons. The van der Waals surface area contributed by atoms with Crippen LogP contribution in [0.3, 0.4) is 0 Å². The summed E-state index contributed by atoms with van der Waals surface area (Å²) in [4.78, 5) is 13.7. The highest BCUT2D eigenvalue weighted by molar-refractivity contribution is 5.75. The summed E-state index contributed by atoms with van der Waals surface area (Å²) >= 11 is 0. The summed E-state index contributed by atoms with van der Waals surface area (Å²) in [5.74, 6) is 0.674. The minimum Gasteiger partial charge on any atom is -0.352 e. The molecule has 0 amide bonds. The lowest BCUT2D eigenvalue weighted by Crippen LogP contribution is -1.93. The molecule has 1 aromatic heterocycles. The van der Waals surface area contributed by atoms with Crippen molar-refractivity contribution < 1.29 is 4.79 Å². The summed E-state index contributed by atoms with van der Waals surface area (Å²) in [6.45, 7) is 4.44. The van der Waals surface area contributed by atoms with Crippen molar-refractivity contribution in [2.45, 2.75) is 20.3 Å². The van der Waals surface area contributed by atoms with Crippen LogP contribution in [0.1, 0.15) is 29.9 Å². The van der Waals surface area contributed by atoms with Gasteiger partial charge < -0.3 is 4.98 Å². The van der Waals surface area contributed by atoms with E-state index in [1.165, 1.54) is 5.56 Å². The number of nitrogens with one attached hydrogen (secondary N) is 1. The molecule has 1 aromatic carbocycles. The Morgan fingerprint density at radius 3 is 2.35 bits per heavy atom. The molecule has 17 heavy (non-hydrogen) atoms. The van der Waals surface area contributed by atoms with Crippen LogP contribution >= 0.6 is 0 Å². The molecule has 0 saturated carbocycles. The third-order valence-corrected chi connectivity index (χ3v) is 2.74. The lowest BCUT2D eigenvalue weighted by Gasteiger charge is -2.05. The van der Waals surface area contributed by atoms with Crippen LogP contribution in [0.5, 0.6) is 0 Å². The maximum atomic E-state index is 10.6. The van der Waals surface area contributed by atoms with Crippen molar-refractivity contribution in [3.8, 4) is 11.3 Å². The molecule has 0 atom stereocenters. The smallest absolute Gasteiger partial charge is 0.166 e. The largest absolute Gasteiger partial charge is 0.352 e. The lowest BCUT2D eigenvalue weighted by molar-refractivity contribution is 0.111.